The summed E-state index contributed by atoms with van der Waals surface area (Å²) in [6.45, 7) is 0. The van der Waals surface area contributed by atoms with Gasteiger partial charge in [-0.15, -0.1) is 0 Å². The first-order chi connectivity index (χ1) is 14.3. The molecule has 0 aliphatic carbocycles. The number of hydrogen-bond acceptors (Lipinski definition) is 6. The van der Waals surface area contributed by atoms with E-state index < -0.39 is 34.4 Å². The van der Waals surface area contributed by atoms with Crippen LogP contribution in [0.1, 0.15) is 11.1 Å². The van der Waals surface area contributed by atoms with Crippen molar-refractivity contribution in [2.45, 2.75) is 37.1 Å². The summed E-state index contributed by atoms with van der Waals surface area (Å²) < 4.78 is 28.9. The minimum absolute atomic E-state index is 0.121. The van der Waals surface area contributed by atoms with Crippen LogP contribution < -0.4 is 0 Å². The molecule has 0 bridgehead atoms. The number of hydrogen-bond donors (Lipinski definition) is 1. The van der Waals surface area contributed by atoms with Gasteiger partial charge < -0.3 is 5.11 Å². The van der Waals surface area contributed by atoms with Gasteiger partial charge in [-0.05, 0) is 35.0 Å². The van der Waals surface area contributed by atoms with E-state index in [1.54, 1.807) is 48.5 Å². The molecular weight excluding hydrogens is 408 g/mol. The molecule has 2 aromatic rings. The topological polar surface area (TPSA) is 161 Å². The van der Waals surface area contributed by atoms with Crippen LogP contribution in [-0.4, -0.2) is 44.1 Å². The molecule has 0 saturated heterocycles. The zero-order chi connectivity index (χ0) is 22.0. The van der Waals surface area contributed by atoms with Crippen LogP contribution in [0.25, 0.3) is 20.9 Å². The maximum Gasteiger partial charge on any atom is 0.264 e. The van der Waals surface area contributed by atoms with Crippen molar-refractivity contribution in [1.82, 2.24) is 0 Å². The third-order valence-corrected chi connectivity index (χ3v) is 4.94. The number of nitrogens with zero attached hydrogens (tertiary/aromatic N) is 6. The quantitative estimate of drug-likeness (QED) is 0.250. The van der Waals surface area contributed by atoms with E-state index in [-0.39, 0.29) is 12.8 Å². The van der Waals surface area contributed by atoms with Gasteiger partial charge in [0.05, 0.1) is 24.4 Å². The molecule has 10 nitrogen and oxygen atoms in total. The fraction of sp³-hybridized carbons (Fsp3) is 0.368. The van der Waals surface area contributed by atoms with E-state index in [2.05, 4.69) is 20.1 Å². The fourth-order valence-electron chi connectivity index (χ4n) is 3.07. The summed E-state index contributed by atoms with van der Waals surface area (Å²) >= 11 is 0. The second kappa shape index (κ2) is 11.2. The van der Waals surface area contributed by atoms with Gasteiger partial charge in [0.2, 0.25) is 0 Å². The lowest BCUT2D eigenvalue weighted by Crippen LogP contribution is -2.47. The molecule has 0 saturated carbocycles. The molecular formula is C19H22N6O4S. The van der Waals surface area contributed by atoms with Crippen LogP contribution in [0.3, 0.4) is 0 Å². The zero-order valence-corrected chi connectivity index (χ0v) is 17.1. The van der Waals surface area contributed by atoms with Gasteiger partial charge >= 0.3 is 0 Å². The molecule has 0 fully saturated rings. The van der Waals surface area contributed by atoms with Gasteiger partial charge in [0.25, 0.3) is 10.1 Å². The molecule has 0 heterocycles. The van der Waals surface area contributed by atoms with Crippen LogP contribution in [-0.2, 0) is 27.1 Å². The Morgan fingerprint density at radius 3 is 1.77 bits per heavy atom. The molecule has 30 heavy (non-hydrogen) atoms. The lowest BCUT2D eigenvalue weighted by atomic mass is 9.92. The summed E-state index contributed by atoms with van der Waals surface area (Å²) in [4.78, 5) is 5.57. The zero-order valence-electron chi connectivity index (χ0n) is 16.3. The Kier molecular flexibility index (Phi) is 8.67. The summed E-state index contributed by atoms with van der Waals surface area (Å²) in [6.07, 6.45) is -1.90. The Morgan fingerprint density at radius 2 is 1.33 bits per heavy atom. The van der Waals surface area contributed by atoms with E-state index in [9.17, 15) is 13.5 Å². The minimum atomic E-state index is -4.02. The Balaban J connectivity index is 2.39. The maximum absolute atomic E-state index is 11.9. The van der Waals surface area contributed by atoms with Crippen LogP contribution in [0, 0.1) is 0 Å². The molecule has 11 heteroatoms. The van der Waals surface area contributed by atoms with Crippen LogP contribution in [0.15, 0.2) is 70.9 Å². The van der Waals surface area contributed by atoms with Crippen LogP contribution >= 0.6 is 0 Å². The highest BCUT2D eigenvalue weighted by Gasteiger charge is 2.36. The highest BCUT2D eigenvalue weighted by atomic mass is 32.2. The lowest BCUT2D eigenvalue weighted by Gasteiger charge is -2.30. The molecule has 2 rings (SSSR count). The Morgan fingerprint density at radius 1 is 0.900 bits per heavy atom. The molecule has 1 N–H and O–H groups in total. The average molecular weight is 430 g/mol. The summed E-state index contributed by atoms with van der Waals surface area (Å²) in [5, 5.41) is 18.3. The summed E-state index contributed by atoms with van der Waals surface area (Å²) in [5.41, 5.74) is 19.5. The number of benzene rings is 2. The first-order valence-electron chi connectivity index (χ1n) is 9.06. The number of aliphatic hydroxyl groups is 1. The largest absolute Gasteiger partial charge is 0.390 e. The van der Waals surface area contributed by atoms with E-state index in [4.69, 9.17) is 15.2 Å². The molecule has 158 valence electrons. The fourth-order valence-corrected chi connectivity index (χ4v) is 3.71. The third-order valence-electron chi connectivity index (χ3n) is 4.37. The maximum atomic E-state index is 11.9. The molecule has 0 aromatic heterocycles. The van der Waals surface area contributed by atoms with Crippen LogP contribution in [0.5, 0.6) is 0 Å². The first-order valence-corrected chi connectivity index (χ1v) is 10.9. The number of aliphatic hydroxyl groups excluding tert-OH is 1. The van der Waals surface area contributed by atoms with Gasteiger partial charge in [0, 0.05) is 9.82 Å². The second-order valence-electron chi connectivity index (χ2n) is 6.68. The van der Waals surface area contributed by atoms with Crippen LogP contribution in [0.4, 0.5) is 0 Å². The third kappa shape index (κ3) is 7.40. The van der Waals surface area contributed by atoms with Gasteiger partial charge in [-0.1, -0.05) is 70.9 Å². The van der Waals surface area contributed by atoms with Crippen molar-refractivity contribution >= 4 is 10.1 Å². The van der Waals surface area contributed by atoms with Crippen LogP contribution in [0.2, 0.25) is 0 Å². The van der Waals surface area contributed by atoms with Crippen molar-refractivity contribution in [1.29, 1.82) is 0 Å². The average Bonchev–Trinajstić information content (AvgIpc) is 2.72. The van der Waals surface area contributed by atoms with Crippen molar-refractivity contribution in [2.24, 2.45) is 10.2 Å². The molecule has 0 unspecified atom stereocenters. The van der Waals surface area contributed by atoms with Crippen molar-refractivity contribution in [3.63, 3.8) is 0 Å². The van der Waals surface area contributed by atoms with Gasteiger partial charge in [0.1, 0.15) is 6.10 Å². The second-order valence-corrected chi connectivity index (χ2v) is 8.28. The lowest BCUT2D eigenvalue weighted by molar-refractivity contribution is 0.0100. The van der Waals surface area contributed by atoms with Crippen molar-refractivity contribution in [3.8, 4) is 0 Å². The van der Waals surface area contributed by atoms with Gasteiger partial charge in [-0.25, -0.2) is 0 Å². The monoisotopic (exact) mass is 430 g/mol. The van der Waals surface area contributed by atoms with Crippen molar-refractivity contribution in [2.75, 3.05) is 6.26 Å². The Labute approximate surface area is 174 Å². The minimum Gasteiger partial charge on any atom is -0.390 e. The summed E-state index contributed by atoms with van der Waals surface area (Å²) in [5.74, 6) is 0. The standard InChI is InChI=1S/C19H22N6O4S/c1-30(27,28)29-19(17(23-25-21)13-15-10-6-3-7-11-15)18(26)16(22-24-20)12-14-8-4-2-5-9-14/h2-11,16-19,26H,12-13H2,1H3/t16-,17-,18+,19+/m0/s1. The molecule has 0 aliphatic rings. The van der Waals surface area contributed by atoms with Gasteiger partial charge in [-0.3, -0.25) is 4.18 Å². The molecule has 0 radical (unpaired) electrons. The van der Waals surface area contributed by atoms with Gasteiger partial charge in [-0.2, -0.15) is 8.42 Å². The Hall–Kier alpha value is -3.07. The number of azide groups is 2. The molecule has 4 atom stereocenters. The Bertz CT molecular complexity index is 1010. The van der Waals surface area contributed by atoms with Gasteiger partial charge in [0.15, 0.2) is 0 Å². The van der Waals surface area contributed by atoms with Crippen molar-refractivity contribution in [3.05, 3.63) is 92.7 Å². The SMILES string of the molecule is CS(=O)(=O)O[C@@H]([C@H](O)[C@H](Cc1ccccc1)N=[N+]=[N-])[C@H](Cc1ccccc1)N=[N+]=[N-]. The first kappa shape index (κ1) is 23.2. The van der Waals surface area contributed by atoms with E-state index >= 15 is 0 Å². The normalized spacial score (nSPS) is 15.1. The summed E-state index contributed by atoms with van der Waals surface area (Å²) in [7, 11) is -4.02. The summed E-state index contributed by atoms with van der Waals surface area (Å²) in [6, 6.07) is 15.8. The number of rotatable bonds is 11. The highest BCUT2D eigenvalue weighted by Crippen LogP contribution is 2.22. The van der Waals surface area contributed by atoms with E-state index in [1.165, 1.54) is 0 Å². The smallest absolute Gasteiger partial charge is 0.264 e. The molecule has 2 aromatic carbocycles. The van der Waals surface area contributed by atoms with E-state index in [0.717, 1.165) is 17.4 Å². The molecule has 0 spiro atoms. The highest BCUT2D eigenvalue weighted by molar-refractivity contribution is 7.86. The van der Waals surface area contributed by atoms with E-state index in [1.807, 2.05) is 12.1 Å². The molecule has 0 aliphatic heterocycles. The predicted octanol–water partition coefficient (Wildman–Crippen LogP) is 3.54. The van der Waals surface area contributed by atoms with E-state index in [0.29, 0.717) is 0 Å². The predicted molar refractivity (Wildman–Crippen MR) is 112 cm³/mol. The molecule has 0 amide bonds. The van der Waals surface area contributed by atoms with Crippen molar-refractivity contribution < 1.29 is 17.7 Å².